The number of fused-ring (bicyclic) bond motifs is 1. The lowest BCUT2D eigenvalue weighted by molar-refractivity contribution is 0.0523. The Hall–Kier alpha value is -2.90. The van der Waals surface area contributed by atoms with Crippen LogP contribution in [0.5, 0.6) is 0 Å². The molecule has 8 nitrogen and oxygen atoms in total. The van der Waals surface area contributed by atoms with Crippen molar-refractivity contribution in [1.82, 2.24) is 24.1 Å². The van der Waals surface area contributed by atoms with Gasteiger partial charge in [-0.3, -0.25) is 9.89 Å². The number of rotatable bonds is 3. The molecular formula is C13H13N5O3. The molecule has 0 aliphatic rings. The largest absolute Gasteiger partial charge is 0.462 e. The molecule has 0 aliphatic carbocycles. The van der Waals surface area contributed by atoms with Crippen LogP contribution in [-0.2, 0) is 11.8 Å². The van der Waals surface area contributed by atoms with Gasteiger partial charge in [-0.05, 0) is 6.92 Å². The number of nitrogens with zero attached hydrogens (tertiary/aromatic N) is 4. The van der Waals surface area contributed by atoms with Crippen LogP contribution in [0.25, 0.3) is 17.0 Å². The summed E-state index contributed by atoms with van der Waals surface area (Å²) in [5.41, 5.74) is 1.12. The first kappa shape index (κ1) is 13.1. The van der Waals surface area contributed by atoms with E-state index in [2.05, 4.69) is 15.1 Å². The first-order valence-electron chi connectivity index (χ1n) is 6.36. The van der Waals surface area contributed by atoms with Crippen LogP contribution in [-0.4, -0.2) is 36.7 Å². The molecule has 0 unspecified atom stereocenters. The lowest BCUT2D eigenvalue weighted by Gasteiger charge is -2.00. The molecule has 21 heavy (non-hydrogen) atoms. The number of aromatic nitrogens is 5. The van der Waals surface area contributed by atoms with E-state index in [0.717, 1.165) is 0 Å². The minimum atomic E-state index is -0.682. The van der Waals surface area contributed by atoms with Crippen molar-refractivity contribution in [2.24, 2.45) is 7.05 Å². The first-order chi connectivity index (χ1) is 10.1. The lowest BCUT2D eigenvalue weighted by atomic mass is 10.3. The molecule has 1 N–H and O–H groups in total. The number of carbonyl (C=O) groups excluding carboxylic acids is 1. The molecule has 3 heterocycles. The quantitative estimate of drug-likeness (QED) is 0.712. The highest BCUT2D eigenvalue weighted by molar-refractivity contribution is 5.88. The Morgan fingerprint density at radius 1 is 1.43 bits per heavy atom. The van der Waals surface area contributed by atoms with Gasteiger partial charge in [-0.2, -0.15) is 0 Å². The van der Waals surface area contributed by atoms with E-state index in [-0.39, 0.29) is 12.2 Å². The van der Waals surface area contributed by atoms with E-state index >= 15 is 0 Å². The van der Waals surface area contributed by atoms with Gasteiger partial charge in [0.1, 0.15) is 11.3 Å². The summed E-state index contributed by atoms with van der Waals surface area (Å²) in [6.07, 6.45) is 4.69. The van der Waals surface area contributed by atoms with Gasteiger partial charge in [0.25, 0.3) is 5.56 Å². The van der Waals surface area contributed by atoms with Crippen LogP contribution in [0.4, 0.5) is 0 Å². The van der Waals surface area contributed by atoms with Gasteiger partial charge in [0.05, 0.1) is 18.6 Å². The van der Waals surface area contributed by atoms with E-state index in [1.54, 1.807) is 23.9 Å². The Balaban J connectivity index is 2.12. The number of H-pyrrole nitrogens is 1. The Labute approximate surface area is 119 Å². The Bertz CT molecular complexity index is 873. The van der Waals surface area contributed by atoms with E-state index < -0.39 is 11.5 Å². The normalized spacial score (nSPS) is 11.0. The molecule has 3 rings (SSSR count). The van der Waals surface area contributed by atoms with Crippen LogP contribution in [0.15, 0.2) is 29.6 Å². The van der Waals surface area contributed by atoms with E-state index in [9.17, 15) is 9.59 Å². The Morgan fingerprint density at radius 3 is 2.90 bits per heavy atom. The zero-order valence-electron chi connectivity index (χ0n) is 11.5. The van der Waals surface area contributed by atoms with Gasteiger partial charge >= 0.3 is 5.97 Å². The fraction of sp³-hybridized carbons (Fsp3) is 0.231. The highest BCUT2D eigenvalue weighted by Crippen LogP contribution is 2.15. The minimum absolute atomic E-state index is 0.108. The number of esters is 1. The predicted octanol–water partition coefficient (Wildman–Crippen LogP) is 0.600. The van der Waals surface area contributed by atoms with Crippen molar-refractivity contribution in [2.75, 3.05) is 6.61 Å². The summed E-state index contributed by atoms with van der Waals surface area (Å²) in [4.78, 5) is 32.2. The number of hydrogen-bond donors (Lipinski definition) is 1. The van der Waals surface area contributed by atoms with Crippen molar-refractivity contribution in [3.63, 3.8) is 0 Å². The summed E-state index contributed by atoms with van der Waals surface area (Å²) >= 11 is 0. The second-order valence-corrected chi connectivity index (χ2v) is 4.49. The number of ether oxygens (including phenoxy) is 1. The summed E-state index contributed by atoms with van der Waals surface area (Å²) in [5, 5.41) is 2.89. The van der Waals surface area contributed by atoms with Gasteiger partial charge in [0.15, 0.2) is 5.65 Å². The summed E-state index contributed by atoms with van der Waals surface area (Å²) in [6.45, 7) is 1.88. The van der Waals surface area contributed by atoms with E-state index in [1.807, 2.05) is 13.2 Å². The standard InChI is InChI=1S/C13H13N5O3/c1-3-21-13(20)8-5-14-11-4-9(16-18(11)12(8)19)10-6-17(2)7-15-10/h4-7,16H,3H2,1-2H3. The molecule has 0 spiro atoms. The molecule has 0 saturated heterocycles. The monoisotopic (exact) mass is 287 g/mol. The summed E-state index contributed by atoms with van der Waals surface area (Å²) in [7, 11) is 1.85. The fourth-order valence-electron chi connectivity index (χ4n) is 1.99. The second-order valence-electron chi connectivity index (χ2n) is 4.49. The molecule has 0 saturated carbocycles. The maximum absolute atomic E-state index is 12.3. The van der Waals surface area contributed by atoms with Gasteiger partial charge in [-0.1, -0.05) is 0 Å². The maximum Gasteiger partial charge on any atom is 0.345 e. The number of imidazole rings is 1. The zero-order chi connectivity index (χ0) is 15.0. The van der Waals surface area contributed by atoms with Crippen LogP contribution in [0.1, 0.15) is 17.3 Å². The van der Waals surface area contributed by atoms with Gasteiger partial charge < -0.3 is 9.30 Å². The minimum Gasteiger partial charge on any atom is -0.462 e. The highest BCUT2D eigenvalue weighted by Gasteiger charge is 2.16. The van der Waals surface area contributed by atoms with Crippen molar-refractivity contribution in [2.45, 2.75) is 6.92 Å². The molecule has 3 aromatic rings. The summed E-state index contributed by atoms with van der Waals surface area (Å²) in [6, 6.07) is 1.69. The smallest absolute Gasteiger partial charge is 0.345 e. The fourth-order valence-corrected chi connectivity index (χ4v) is 1.99. The topological polar surface area (TPSA) is 94.3 Å². The summed E-state index contributed by atoms with van der Waals surface area (Å²) < 4.78 is 7.83. The van der Waals surface area contributed by atoms with Crippen molar-refractivity contribution in [3.8, 4) is 11.4 Å². The average Bonchev–Trinajstić information content (AvgIpc) is 3.05. The number of nitrogens with one attached hydrogen (secondary N) is 1. The highest BCUT2D eigenvalue weighted by atomic mass is 16.5. The van der Waals surface area contributed by atoms with Gasteiger partial charge in [-0.15, -0.1) is 0 Å². The van der Waals surface area contributed by atoms with E-state index in [1.165, 1.54) is 10.7 Å². The molecule has 0 bridgehead atoms. The third-order valence-electron chi connectivity index (χ3n) is 2.97. The molecule has 0 atom stereocenters. The molecule has 108 valence electrons. The molecule has 8 heteroatoms. The SMILES string of the molecule is CCOC(=O)c1cnc2cc(-c3cn(C)cn3)[nH]n2c1=O. The van der Waals surface area contributed by atoms with Crippen LogP contribution in [0, 0.1) is 0 Å². The van der Waals surface area contributed by atoms with Crippen LogP contribution >= 0.6 is 0 Å². The maximum atomic E-state index is 12.3. The Kier molecular flexibility index (Phi) is 3.05. The molecule has 0 aliphatic heterocycles. The zero-order valence-corrected chi connectivity index (χ0v) is 11.5. The first-order valence-corrected chi connectivity index (χ1v) is 6.36. The van der Waals surface area contributed by atoms with Crippen molar-refractivity contribution >= 4 is 11.6 Å². The average molecular weight is 287 g/mol. The van der Waals surface area contributed by atoms with Crippen LogP contribution in [0.2, 0.25) is 0 Å². The van der Waals surface area contributed by atoms with Gasteiger partial charge in [0, 0.05) is 25.5 Å². The van der Waals surface area contributed by atoms with E-state index in [4.69, 9.17) is 4.74 Å². The van der Waals surface area contributed by atoms with Crippen LogP contribution in [0.3, 0.4) is 0 Å². The van der Waals surface area contributed by atoms with Crippen LogP contribution < -0.4 is 5.56 Å². The molecular weight excluding hydrogens is 274 g/mol. The number of hydrogen-bond acceptors (Lipinski definition) is 5. The third-order valence-corrected chi connectivity index (χ3v) is 2.97. The van der Waals surface area contributed by atoms with Crippen molar-refractivity contribution in [1.29, 1.82) is 0 Å². The molecule has 0 amide bonds. The second kappa shape index (κ2) is 4.89. The van der Waals surface area contributed by atoms with Gasteiger partial charge in [-0.25, -0.2) is 19.3 Å². The number of aryl methyl sites for hydroxylation is 1. The van der Waals surface area contributed by atoms with Gasteiger partial charge in [0.2, 0.25) is 0 Å². The van der Waals surface area contributed by atoms with Crippen molar-refractivity contribution < 1.29 is 9.53 Å². The van der Waals surface area contributed by atoms with E-state index in [0.29, 0.717) is 17.0 Å². The summed E-state index contributed by atoms with van der Waals surface area (Å²) in [5.74, 6) is -0.682. The Morgan fingerprint density at radius 2 is 2.24 bits per heavy atom. The third kappa shape index (κ3) is 2.20. The molecule has 0 radical (unpaired) electrons. The predicted molar refractivity (Wildman–Crippen MR) is 74.0 cm³/mol. The van der Waals surface area contributed by atoms with Crippen molar-refractivity contribution in [3.05, 3.63) is 40.7 Å². The lowest BCUT2D eigenvalue weighted by Crippen LogP contribution is -2.24. The number of aromatic amines is 1. The number of carbonyl (C=O) groups is 1. The molecule has 0 fully saturated rings. The molecule has 0 aromatic carbocycles. The molecule has 3 aromatic heterocycles.